The number of aryl methyl sites for hydroxylation is 1. The Kier molecular flexibility index (Phi) is 3.19. The van der Waals surface area contributed by atoms with Gasteiger partial charge >= 0.3 is 5.97 Å². The van der Waals surface area contributed by atoms with Gasteiger partial charge in [-0.25, -0.2) is 0 Å². The van der Waals surface area contributed by atoms with Crippen molar-refractivity contribution < 1.29 is 9.90 Å². The van der Waals surface area contributed by atoms with Crippen molar-refractivity contribution in [1.82, 2.24) is 15.1 Å². The third-order valence-corrected chi connectivity index (χ3v) is 3.41. The summed E-state index contributed by atoms with van der Waals surface area (Å²) in [5, 5.41) is 16.7. The van der Waals surface area contributed by atoms with Gasteiger partial charge in [-0.05, 0) is 39.2 Å². The van der Waals surface area contributed by atoms with E-state index >= 15 is 0 Å². The van der Waals surface area contributed by atoms with Crippen LogP contribution in [0.2, 0.25) is 0 Å². The lowest BCUT2D eigenvalue weighted by Crippen LogP contribution is -2.41. The maximum atomic E-state index is 11.2. The monoisotopic (exact) mass is 237 g/mol. The lowest BCUT2D eigenvalue weighted by atomic mass is 10.2. The van der Waals surface area contributed by atoms with E-state index in [1.54, 1.807) is 4.68 Å². The molecule has 5 nitrogen and oxygen atoms in total. The Morgan fingerprint density at radius 1 is 1.53 bits per heavy atom. The molecule has 1 aliphatic rings. The fraction of sp³-hybridized carbons (Fsp3) is 0.667. The zero-order valence-electron chi connectivity index (χ0n) is 10.5. The Bertz CT molecular complexity index is 435. The predicted octanol–water partition coefficient (Wildman–Crippen LogP) is 1.01. The summed E-state index contributed by atoms with van der Waals surface area (Å²) >= 11 is 0. The van der Waals surface area contributed by atoms with E-state index in [4.69, 9.17) is 0 Å². The van der Waals surface area contributed by atoms with Crippen LogP contribution in [0.3, 0.4) is 0 Å². The van der Waals surface area contributed by atoms with Gasteiger partial charge in [0.05, 0.1) is 12.2 Å². The Morgan fingerprint density at radius 2 is 2.18 bits per heavy atom. The summed E-state index contributed by atoms with van der Waals surface area (Å²) in [7, 11) is 0. The summed E-state index contributed by atoms with van der Waals surface area (Å²) in [6, 6.07) is -0.158. The van der Waals surface area contributed by atoms with Gasteiger partial charge in [-0.2, -0.15) is 5.10 Å². The lowest BCUT2D eigenvalue weighted by Gasteiger charge is -2.15. The maximum absolute atomic E-state index is 11.2. The van der Waals surface area contributed by atoms with E-state index in [1.807, 2.05) is 20.8 Å². The molecule has 0 bridgehead atoms. The highest BCUT2D eigenvalue weighted by Gasteiger charge is 2.29. The second-order valence-corrected chi connectivity index (χ2v) is 4.81. The van der Waals surface area contributed by atoms with Crippen molar-refractivity contribution in [1.29, 1.82) is 0 Å². The number of hydrogen-bond acceptors (Lipinski definition) is 3. The lowest BCUT2D eigenvalue weighted by molar-refractivity contribution is -0.140. The zero-order chi connectivity index (χ0) is 12.6. The van der Waals surface area contributed by atoms with Gasteiger partial charge in [0.25, 0.3) is 0 Å². The smallest absolute Gasteiger partial charge is 0.322 e. The molecular formula is C12H19N3O2. The standard InChI is InChI=1S/C12H19N3O2/c1-7-8(2)14-15(9(7)3)6-11(12(16)17)13-10-4-5-10/h10-11,13H,4-6H2,1-3H3,(H,16,17). The molecule has 0 saturated heterocycles. The number of aromatic nitrogens is 2. The van der Waals surface area contributed by atoms with Crippen LogP contribution >= 0.6 is 0 Å². The van der Waals surface area contributed by atoms with E-state index in [-0.39, 0.29) is 0 Å². The van der Waals surface area contributed by atoms with Crippen LogP contribution in [0, 0.1) is 20.8 Å². The molecule has 0 amide bonds. The molecule has 1 atom stereocenters. The quantitative estimate of drug-likeness (QED) is 0.802. The zero-order valence-corrected chi connectivity index (χ0v) is 10.5. The Hall–Kier alpha value is -1.36. The molecule has 0 aromatic carbocycles. The number of aliphatic carboxylic acids is 1. The number of nitrogens with zero attached hydrogens (tertiary/aromatic N) is 2. The molecule has 2 N–H and O–H groups in total. The molecule has 0 aliphatic heterocycles. The summed E-state index contributed by atoms with van der Waals surface area (Å²) in [5.74, 6) is -0.804. The Balaban J connectivity index is 2.10. The fourth-order valence-corrected chi connectivity index (χ4v) is 1.87. The molecule has 1 unspecified atom stereocenters. The number of nitrogens with one attached hydrogen (secondary N) is 1. The van der Waals surface area contributed by atoms with Crippen molar-refractivity contribution in [3.05, 3.63) is 17.0 Å². The minimum absolute atomic E-state index is 0.383. The third-order valence-electron chi connectivity index (χ3n) is 3.41. The van der Waals surface area contributed by atoms with Crippen LogP contribution in [0.4, 0.5) is 0 Å². The molecule has 1 aromatic rings. The van der Waals surface area contributed by atoms with E-state index in [0.29, 0.717) is 12.6 Å². The largest absolute Gasteiger partial charge is 0.480 e. The van der Waals surface area contributed by atoms with Crippen LogP contribution in [-0.4, -0.2) is 32.9 Å². The molecule has 1 fully saturated rings. The van der Waals surface area contributed by atoms with Crippen molar-refractivity contribution in [3.8, 4) is 0 Å². The third kappa shape index (κ3) is 2.66. The molecule has 17 heavy (non-hydrogen) atoms. The normalized spacial score (nSPS) is 17.1. The first-order valence-corrected chi connectivity index (χ1v) is 5.98. The van der Waals surface area contributed by atoms with Crippen molar-refractivity contribution in [2.45, 2.75) is 52.2 Å². The van der Waals surface area contributed by atoms with E-state index in [0.717, 1.165) is 29.8 Å². The highest BCUT2D eigenvalue weighted by Crippen LogP contribution is 2.20. The molecule has 0 spiro atoms. The highest BCUT2D eigenvalue weighted by atomic mass is 16.4. The topological polar surface area (TPSA) is 67.2 Å². The number of rotatable bonds is 5. The van der Waals surface area contributed by atoms with Crippen LogP contribution in [0.5, 0.6) is 0 Å². The van der Waals surface area contributed by atoms with E-state index in [2.05, 4.69) is 10.4 Å². The van der Waals surface area contributed by atoms with E-state index < -0.39 is 12.0 Å². The highest BCUT2D eigenvalue weighted by molar-refractivity contribution is 5.73. The molecule has 94 valence electrons. The summed E-state index contributed by atoms with van der Waals surface area (Å²) in [6.07, 6.45) is 2.17. The van der Waals surface area contributed by atoms with Crippen molar-refractivity contribution in [2.75, 3.05) is 0 Å². The minimum Gasteiger partial charge on any atom is -0.480 e. The van der Waals surface area contributed by atoms with Gasteiger partial charge in [0, 0.05) is 11.7 Å². The Morgan fingerprint density at radius 3 is 2.59 bits per heavy atom. The van der Waals surface area contributed by atoms with Crippen LogP contribution < -0.4 is 5.32 Å². The number of hydrogen-bond donors (Lipinski definition) is 2. The van der Waals surface area contributed by atoms with Crippen LogP contribution in [0.1, 0.15) is 29.8 Å². The van der Waals surface area contributed by atoms with Gasteiger partial charge in [0.2, 0.25) is 0 Å². The average Bonchev–Trinajstić information content (AvgIpc) is 3.04. The number of carbonyl (C=O) groups is 1. The first kappa shape index (κ1) is 12.1. The van der Waals surface area contributed by atoms with Crippen LogP contribution in [0.25, 0.3) is 0 Å². The SMILES string of the molecule is Cc1nn(CC(NC2CC2)C(=O)O)c(C)c1C. The summed E-state index contributed by atoms with van der Waals surface area (Å²) in [6.45, 7) is 6.33. The van der Waals surface area contributed by atoms with Gasteiger partial charge < -0.3 is 10.4 Å². The summed E-state index contributed by atoms with van der Waals surface area (Å²) < 4.78 is 1.79. The number of carboxylic acids is 1. The summed E-state index contributed by atoms with van der Waals surface area (Å²) in [4.78, 5) is 11.2. The van der Waals surface area contributed by atoms with Gasteiger partial charge in [-0.1, -0.05) is 0 Å². The second kappa shape index (κ2) is 4.49. The number of carboxylic acid groups (broad SMARTS) is 1. The van der Waals surface area contributed by atoms with E-state index in [1.165, 1.54) is 0 Å². The molecular weight excluding hydrogens is 218 g/mol. The van der Waals surface area contributed by atoms with Gasteiger partial charge in [-0.3, -0.25) is 9.48 Å². The van der Waals surface area contributed by atoms with Crippen molar-refractivity contribution >= 4 is 5.97 Å². The van der Waals surface area contributed by atoms with Gasteiger partial charge in [0.15, 0.2) is 0 Å². The minimum atomic E-state index is -0.804. The fourth-order valence-electron chi connectivity index (χ4n) is 1.87. The molecule has 1 heterocycles. The van der Waals surface area contributed by atoms with Gasteiger partial charge in [-0.15, -0.1) is 0 Å². The molecule has 5 heteroatoms. The first-order valence-electron chi connectivity index (χ1n) is 5.98. The Labute approximate surface area is 101 Å². The molecule has 1 saturated carbocycles. The van der Waals surface area contributed by atoms with E-state index in [9.17, 15) is 9.90 Å². The molecule has 1 aliphatic carbocycles. The molecule has 0 radical (unpaired) electrons. The second-order valence-electron chi connectivity index (χ2n) is 4.81. The van der Waals surface area contributed by atoms with Crippen molar-refractivity contribution in [3.63, 3.8) is 0 Å². The van der Waals surface area contributed by atoms with Gasteiger partial charge in [0.1, 0.15) is 6.04 Å². The van der Waals surface area contributed by atoms with Crippen LogP contribution in [0.15, 0.2) is 0 Å². The predicted molar refractivity (Wildman–Crippen MR) is 64.0 cm³/mol. The molecule has 1 aromatic heterocycles. The average molecular weight is 237 g/mol. The van der Waals surface area contributed by atoms with Crippen molar-refractivity contribution in [2.24, 2.45) is 0 Å². The first-order chi connectivity index (χ1) is 7.99. The summed E-state index contributed by atoms with van der Waals surface area (Å²) in [5.41, 5.74) is 3.16. The maximum Gasteiger partial charge on any atom is 0.322 e. The molecule has 2 rings (SSSR count). The van der Waals surface area contributed by atoms with Crippen LogP contribution in [-0.2, 0) is 11.3 Å².